The van der Waals surface area contributed by atoms with E-state index in [4.69, 9.17) is 18.9 Å². The third-order valence-electron chi connectivity index (χ3n) is 3.79. The maximum absolute atomic E-state index is 12.2. The van der Waals surface area contributed by atoms with Gasteiger partial charge < -0.3 is 28.8 Å². The molecule has 1 aliphatic heterocycles. The molecule has 0 fully saturated rings. The maximum Gasteiger partial charge on any atom is 0.271 e. The maximum atomic E-state index is 12.2. The molecule has 2 aromatic rings. The fraction of sp³-hybridized carbons (Fsp3) is 0.167. The number of hydrogen-bond acceptors (Lipinski definition) is 8. The van der Waals surface area contributed by atoms with Crippen LogP contribution in [-0.2, 0) is 0 Å². The number of aromatic carboxylic acids is 1. The van der Waals surface area contributed by atoms with Gasteiger partial charge in [0.15, 0.2) is 23.0 Å². The molecule has 1 amide bonds. The molecule has 3 rings (SSSR count). The minimum Gasteiger partial charge on any atom is -0.545 e. The quantitative estimate of drug-likeness (QED) is 0.582. The van der Waals surface area contributed by atoms with E-state index in [-0.39, 0.29) is 29.4 Å². The normalized spacial score (nSPS) is 12.1. The van der Waals surface area contributed by atoms with Crippen LogP contribution < -0.4 is 29.5 Å². The third-order valence-corrected chi connectivity index (χ3v) is 3.79. The van der Waals surface area contributed by atoms with Gasteiger partial charge in [0.25, 0.3) is 5.91 Å². The number of hydrogen-bond donors (Lipinski definition) is 1. The largest absolute Gasteiger partial charge is 0.545 e. The van der Waals surface area contributed by atoms with Crippen LogP contribution in [0.1, 0.15) is 26.3 Å². The summed E-state index contributed by atoms with van der Waals surface area (Å²) in [5.41, 5.74) is 2.57. The summed E-state index contributed by atoms with van der Waals surface area (Å²) in [5.74, 6) is -0.708. The number of nitrogens with one attached hydrogen (secondary N) is 1. The first-order valence-electron chi connectivity index (χ1n) is 7.74. The first-order chi connectivity index (χ1) is 13.0. The predicted octanol–water partition coefficient (Wildman–Crippen LogP) is 0.560. The summed E-state index contributed by atoms with van der Waals surface area (Å²) < 4.78 is 20.6. The van der Waals surface area contributed by atoms with Gasteiger partial charge in [-0.3, -0.25) is 4.79 Å². The minimum absolute atomic E-state index is 0.00328. The van der Waals surface area contributed by atoms with Gasteiger partial charge in [-0.1, -0.05) is 0 Å². The number of fused-ring (bicyclic) bond motifs is 1. The van der Waals surface area contributed by atoms with E-state index in [0.717, 1.165) is 0 Å². The average molecular weight is 371 g/mol. The Balaban J connectivity index is 1.80. The lowest BCUT2D eigenvalue weighted by atomic mass is 10.1. The molecule has 0 saturated heterocycles. The number of carbonyl (C=O) groups excluding carboxylic acids is 2. The highest BCUT2D eigenvalue weighted by atomic mass is 16.7. The van der Waals surface area contributed by atoms with E-state index in [2.05, 4.69) is 10.5 Å². The number of carbonyl (C=O) groups is 2. The second kappa shape index (κ2) is 7.65. The molecule has 0 bridgehead atoms. The van der Waals surface area contributed by atoms with Crippen LogP contribution >= 0.6 is 0 Å². The van der Waals surface area contributed by atoms with E-state index < -0.39 is 11.9 Å². The van der Waals surface area contributed by atoms with Gasteiger partial charge in [0, 0.05) is 11.1 Å². The van der Waals surface area contributed by atoms with Gasteiger partial charge in [-0.25, -0.2) is 5.43 Å². The molecule has 1 N–H and O–H groups in total. The molecule has 0 saturated carbocycles. The van der Waals surface area contributed by atoms with Crippen LogP contribution in [0.2, 0.25) is 0 Å². The molecule has 2 aromatic carbocycles. The van der Waals surface area contributed by atoms with Crippen molar-refractivity contribution >= 4 is 18.1 Å². The molecule has 140 valence electrons. The van der Waals surface area contributed by atoms with E-state index in [1.807, 2.05) is 0 Å². The zero-order chi connectivity index (χ0) is 19.4. The molecular formula is C18H15N2O7-. The molecule has 9 heteroatoms. The van der Waals surface area contributed by atoms with Crippen molar-refractivity contribution in [2.24, 2.45) is 5.10 Å². The Morgan fingerprint density at radius 1 is 1.15 bits per heavy atom. The second-order valence-electron chi connectivity index (χ2n) is 5.32. The van der Waals surface area contributed by atoms with Crippen molar-refractivity contribution in [3.8, 4) is 23.0 Å². The van der Waals surface area contributed by atoms with Crippen molar-refractivity contribution in [1.29, 1.82) is 0 Å². The molecule has 0 atom stereocenters. The van der Waals surface area contributed by atoms with Crippen molar-refractivity contribution < 1.29 is 33.6 Å². The molecule has 0 spiro atoms. The summed E-state index contributed by atoms with van der Waals surface area (Å²) in [7, 11) is 2.70. The molecule has 9 nitrogen and oxygen atoms in total. The van der Waals surface area contributed by atoms with Gasteiger partial charge in [0.2, 0.25) is 6.79 Å². The van der Waals surface area contributed by atoms with Crippen LogP contribution in [0.4, 0.5) is 0 Å². The standard InChI is InChI=1S/C18H16N2O7/c1-24-13-6-4-11(15(18(22)23)16(13)25-2)8-19-20-17(21)10-3-5-12-14(7-10)27-9-26-12/h3-8H,9H2,1-2H3,(H,20,21)(H,22,23)/p-1/b19-8-. The molecule has 0 aromatic heterocycles. The highest BCUT2D eigenvalue weighted by Gasteiger charge is 2.17. The number of methoxy groups -OCH3 is 2. The third kappa shape index (κ3) is 3.61. The summed E-state index contributed by atoms with van der Waals surface area (Å²) in [5, 5.41) is 15.3. The minimum atomic E-state index is -1.46. The smallest absolute Gasteiger partial charge is 0.271 e. The summed E-state index contributed by atoms with van der Waals surface area (Å²) in [6, 6.07) is 7.68. The number of amides is 1. The van der Waals surface area contributed by atoms with Crippen molar-refractivity contribution in [3.05, 3.63) is 47.0 Å². The Morgan fingerprint density at radius 2 is 1.93 bits per heavy atom. The Bertz CT molecular complexity index is 924. The first-order valence-corrected chi connectivity index (χ1v) is 7.74. The fourth-order valence-corrected chi connectivity index (χ4v) is 2.52. The van der Waals surface area contributed by atoms with Crippen LogP contribution in [0, 0.1) is 0 Å². The second-order valence-corrected chi connectivity index (χ2v) is 5.32. The number of carboxylic acids is 1. The van der Waals surface area contributed by atoms with Gasteiger partial charge in [-0.2, -0.15) is 5.10 Å². The Morgan fingerprint density at radius 3 is 2.63 bits per heavy atom. The van der Waals surface area contributed by atoms with E-state index in [1.165, 1.54) is 38.6 Å². The Labute approximate surface area is 154 Å². The van der Waals surface area contributed by atoms with E-state index >= 15 is 0 Å². The summed E-state index contributed by atoms with van der Waals surface area (Å²) in [6.07, 6.45) is 1.18. The van der Waals surface area contributed by atoms with Gasteiger partial charge in [0.05, 0.1) is 32.0 Å². The highest BCUT2D eigenvalue weighted by Crippen LogP contribution is 2.33. The average Bonchev–Trinajstić information content (AvgIpc) is 3.14. The molecule has 27 heavy (non-hydrogen) atoms. The van der Waals surface area contributed by atoms with Crippen molar-refractivity contribution in [3.63, 3.8) is 0 Å². The van der Waals surface area contributed by atoms with E-state index in [0.29, 0.717) is 17.1 Å². The Hall–Kier alpha value is -3.75. The Kier molecular flexibility index (Phi) is 5.11. The molecule has 0 aliphatic carbocycles. The molecule has 1 heterocycles. The number of nitrogens with zero attached hydrogens (tertiary/aromatic N) is 1. The summed E-state index contributed by atoms with van der Waals surface area (Å²) >= 11 is 0. The van der Waals surface area contributed by atoms with Gasteiger partial charge in [0.1, 0.15) is 0 Å². The first kappa shape index (κ1) is 18.1. The lowest BCUT2D eigenvalue weighted by molar-refractivity contribution is -0.255. The van der Waals surface area contributed by atoms with Gasteiger partial charge in [-0.15, -0.1) is 0 Å². The predicted molar refractivity (Wildman–Crippen MR) is 91.5 cm³/mol. The number of hydrazone groups is 1. The lowest BCUT2D eigenvalue weighted by Crippen LogP contribution is -2.25. The number of rotatable bonds is 6. The number of ether oxygens (including phenoxy) is 4. The highest BCUT2D eigenvalue weighted by molar-refractivity contribution is 6.01. The molecule has 0 radical (unpaired) electrons. The van der Waals surface area contributed by atoms with Crippen LogP contribution in [-0.4, -0.2) is 39.1 Å². The summed E-state index contributed by atoms with van der Waals surface area (Å²) in [4.78, 5) is 23.7. The topological polar surface area (TPSA) is 119 Å². The van der Waals surface area contributed by atoms with Crippen molar-refractivity contribution in [2.75, 3.05) is 21.0 Å². The van der Waals surface area contributed by atoms with Crippen LogP contribution in [0.25, 0.3) is 0 Å². The SMILES string of the molecule is COc1ccc(/C=N\NC(=O)c2ccc3c(c2)OCO3)c(C(=O)[O-])c1OC. The molecular weight excluding hydrogens is 356 g/mol. The van der Waals surface area contributed by atoms with Crippen molar-refractivity contribution in [1.82, 2.24) is 5.43 Å². The number of benzene rings is 2. The van der Waals surface area contributed by atoms with Crippen LogP contribution in [0.3, 0.4) is 0 Å². The van der Waals surface area contributed by atoms with E-state index in [1.54, 1.807) is 12.1 Å². The molecule has 1 aliphatic rings. The summed E-state index contributed by atoms with van der Waals surface area (Å²) in [6.45, 7) is 0.101. The number of carboxylic acid groups (broad SMARTS) is 1. The van der Waals surface area contributed by atoms with Crippen molar-refractivity contribution in [2.45, 2.75) is 0 Å². The van der Waals surface area contributed by atoms with Gasteiger partial charge >= 0.3 is 0 Å². The lowest BCUT2D eigenvalue weighted by Gasteiger charge is -2.15. The van der Waals surface area contributed by atoms with Gasteiger partial charge in [-0.05, 0) is 30.3 Å². The van der Waals surface area contributed by atoms with E-state index in [9.17, 15) is 14.7 Å². The van der Waals surface area contributed by atoms with Crippen LogP contribution in [0.5, 0.6) is 23.0 Å². The van der Waals surface area contributed by atoms with Crippen LogP contribution in [0.15, 0.2) is 35.4 Å². The molecule has 0 unspecified atom stereocenters. The zero-order valence-electron chi connectivity index (χ0n) is 14.5. The zero-order valence-corrected chi connectivity index (χ0v) is 14.5. The fourth-order valence-electron chi connectivity index (χ4n) is 2.52. The monoisotopic (exact) mass is 371 g/mol.